The minimum atomic E-state index is -0.519. The van der Waals surface area contributed by atoms with Crippen LogP contribution >= 0.6 is 11.6 Å². The van der Waals surface area contributed by atoms with Gasteiger partial charge >= 0.3 is 5.97 Å². The Bertz CT molecular complexity index is 593. The van der Waals surface area contributed by atoms with E-state index in [1.165, 1.54) is 13.3 Å². The second-order valence-corrected chi connectivity index (χ2v) is 4.21. The smallest absolute Gasteiger partial charge is 0.337 e. The van der Waals surface area contributed by atoms with Gasteiger partial charge in [0, 0.05) is 24.3 Å². The lowest BCUT2D eigenvalue weighted by atomic mass is 10.2. The second-order valence-electron chi connectivity index (χ2n) is 3.83. The summed E-state index contributed by atoms with van der Waals surface area (Å²) in [6.07, 6.45) is 1.26. The molecule has 7 heteroatoms. The van der Waals surface area contributed by atoms with Gasteiger partial charge in [0.15, 0.2) is 0 Å². The Morgan fingerprint density at radius 3 is 2.86 bits per heavy atom. The monoisotopic (exact) mass is 307 g/mol. The molecule has 1 aromatic rings. The molecule has 0 atom stereocenters. The molecule has 0 fully saturated rings. The number of nitrogens with one attached hydrogen (secondary N) is 2. The Morgan fingerprint density at radius 2 is 2.24 bits per heavy atom. The van der Waals surface area contributed by atoms with Gasteiger partial charge in [-0.2, -0.15) is 5.26 Å². The van der Waals surface area contributed by atoms with Crippen LogP contribution in [0.25, 0.3) is 0 Å². The van der Waals surface area contributed by atoms with Crippen molar-refractivity contribution in [2.45, 2.75) is 0 Å². The number of anilines is 1. The number of hydrogen-bond donors (Lipinski definition) is 2. The van der Waals surface area contributed by atoms with Crippen LogP contribution in [-0.2, 0) is 9.53 Å². The molecular weight excluding hydrogens is 294 g/mol. The fraction of sp³-hybridized carbons (Fsp3) is 0.214. The highest BCUT2D eigenvalue weighted by atomic mass is 35.5. The van der Waals surface area contributed by atoms with Gasteiger partial charge in [0.25, 0.3) is 5.91 Å². The second kappa shape index (κ2) is 8.61. The van der Waals surface area contributed by atoms with Gasteiger partial charge in [0.05, 0.1) is 12.7 Å². The van der Waals surface area contributed by atoms with Gasteiger partial charge in [-0.25, -0.2) is 4.79 Å². The van der Waals surface area contributed by atoms with Gasteiger partial charge in [-0.15, -0.1) is 11.6 Å². The summed E-state index contributed by atoms with van der Waals surface area (Å²) >= 11 is 5.45. The van der Waals surface area contributed by atoms with Crippen LogP contribution in [0, 0.1) is 11.3 Å². The third-order valence-corrected chi connectivity index (χ3v) is 2.60. The number of carbonyl (C=O) groups excluding carboxylic acids is 2. The van der Waals surface area contributed by atoms with Crippen LogP contribution in [0.2, 0.25) is 0 Å². The number of rotatable bonds is 6. The fourth-order valence-corrected chi connectivity index (χ4v) is 1.51. The molecule has 110 valence electrons. The van der Waals surface area contributed by atoms with Crippen molar-refractivity contribution < 1.29 is 14.3 Å². The molecule has 0 aliphatic heterocycles. The first-order valence-corrected chi connectivity index (χ1v) is 6.55. The average molecular weight is 308 g/mol. The molecule has 6 nitrogen and oxygen atoms in total. The van der Waals surface area contributed by atoms with E-state index in [1.54, 1.807) is 30.3 Å². The summed E-state index contributed by atoms with van der Waals surface area (Å²) in [7, 11) is 1.29. The minimum absolute atomic E-state index is 0.0939. The minimum Gasteiger partial charge on any atom is -0.465 e. The van der Waals surface area contributed by atoms with Crippen LogP contribution < -0.4 is 10.6 Å². The normalized spacial score (nSPS) is 10.4. The van der Waals surface area contributed by atoms with Gasteiger partial charge in [-0.3, -0.25) is 4.79 Å². The number of alkyl halides is 1. The number of ether oxygens (including phenoxy) is 1. The Balaban J connectivity index is 2.80. The van der Waals surface area contributed by atoms with E-state index in [2.05, 4.69) is 15.4 Å². The van der Waals surface area contributed by atoms with Crippen LogP contribution in [0.5, 0.6) is 0 Å². The Labute approximate surface area is 127 Å². The molecule has 0 unspecified atom stereocenters. The molecule has 2 N–H and O–H groups in total. The quantitative estimate of drug-likeness (QED) is 0.361. The molecule has 0 bridgehead atoms. The van der Waals surface area contributed by atoms with Crippen molar-refractivity contribution in [3.8, 4) is 6.07 Å². The van der Waals surface area contributed by atoms with E-state index in [0.29, 0.717) is 11.3 Å². The summed E-state index contributed by atoms with van der Waals surface area (Å²) in [5.74, 6) is -0.725. The molecular formula is C14H14ClN3O3. The van der Waals surface area contributed by atoms with Gasteiger partial charge in [0.1, 0.15) is 11.6 Å². The Hall–Kier alpha value is -2.52. The maximum absolute atomic E-state index is 11.6. The van der Waals surface area contributed by atoms with Gasteiger partial charge in [-0.1, -0.05) is 6.07 Å². The van der Waals surface area contributed by atoms with E-state index >= 15 is 0 Å². The number of carbonyl (C=O) groups is 2. The molecule has 0 aromatic heterocycles. The molecule has 1 rings (SSSR count). The average Bonchev–Trinajstić information content (AvgIpc) is 2.52. The number of methoxy groups -OCH3 is 1. The topological polar surface area (TPSA) is 91.2 Å². The van der Waals surface area contributed by atoms with Gasteiger partial charge < -0.3 is 15.4 Å². The summed E-state index contributed by atoms with van der Waals surface area (Å²) in [5.41, 5.74) is 0.820. The molecule has 0 spiro atoms. The molecule has 0 saturated carbocycles. The van der Waals surface area contributed by atoms with Crippen LogP contribution in [-0.4, -0.2) is 31.4 Å². The van der Waals surface area contributed by atoms with Crippen molar-refractivity contribution in [1.29, 1.82) is 5.26 Å². The van der Waals surface area contributed by atoms with Crippen LogP contribution in [0.15, 0.2) is 36.0 Å². The molecule has 21 heavy (non-hydrogen) atoms. The first kappa shape index (κ1) is 16.5. The zero-order chi connectivity index (χ0) is 15.7. The Morgan fingerprint density at radius 1 is 1.48 bits per heavy atom. The fourth-order valence-electron chi connectivity index (χ4n) is 1.41. The summed E-state index contributed by atoms with van der Waals surface area (Å²) in [6.45, 7) is 0.275. The maximum atomic E-state index is 11.6. The van der Waals surface area contributed by atoms with Crippen molar-refractivity contribution in [2.75, 3.05) is 24.9 Å². The van der Waals surface area contributed by atoms with Crippen molar-refractivity contribution in [3.05, 3.63) is 41.6 Å². The SMILES string of the molecule is COC(=O)c1cccc(N/C=C(/C#N)C(=O)NCCCl)c1. The number of benzene rings is 1. The van der Waals surface area contributed by atoms with E-state index in [0.717, 1.165) is 0 Å². The van der Waals surface area contributed by atoms with Crippen molar-refractivity contribution in [3.63, 3.8) is 0 Å². The largest absolute Gasteiger partial charge is 0.465 e. The molecule has 1 aromatic carbocycles. The number of nitrogens with zero attached hydrogens (tertiary/aromatic N) is 1. The summed E-state index contributed by atoms with van der Waals surface area (Å²) < 4.78 is 4.61. The first-order valence-electron chi connectivity index (χ1n) is 6.01. The maximum Gasteiger partial charge on any atom is 0.337 e. The predicted octanol–water partition coefficient (Wildman–Crippen LogP) is 1.65. The number of halogens is 1. The highest BCUT2D eigenvalue weighted by Crippen LogP contribution is 2.12. The standard InChI is InChI=1S/C14H14ClN3O3/c1-21-14(20)10-3-2-4-12(7-10)18-9-11(8-16)13(19)17-6-5-15/h2-4,7,9,18H,5-6H2,1H3,(H,17,19)/b11-9-. The lowest BCUT2D eigenvalue weighted by Crippen LogP contribution is -2.26. The van der Waals surface area contributed by atoms with Gasteiger partial charge in [-0.05, 0) is 18.2 Å². The molecule has 0 aliphatic rings. The molecule has 0 radical (unpaired) electrons. The highest BCUT2D eigenvalue weighted by molar-refractivity contribution is 6.18. The summed E-state index contributed by atoms with van der Waals surface area (Å²) in [5, 5.41) is 14.2. The third kappa shape index (κ3) is 5.16. The van der Waals surface area contributed by atoms with E-state index < -0.39 is 11.9 Å². The lowest BCUT2D eigenvalue weighted by Gasteiger charge is -2.05. The van der Waals surface area contributed by atoms with E-state index in [1.807, 2.05) is 0 Å². The number of nitriles is 1. The summed E-state index contributed by atoms with van der Waals surface area (Å²) in [6, 6.07) is 8.27. The van der Waals surface area contributed by atoms with E-state index in [-0.39, 0.29) is 18.0 Å². The molecule has 0 heterocycles. The van der Waals surface area contributed by atoms with Crippen LogP contribution in [0.4, 0.5) is 5.69 Å². The van der Waals surface area contributed by atoms with Crippen molar-refractivity contribution in [1.82, 2.24) is 5.32 Å². The Kier molecular flexibility index (Phi) is 6.78. The van der Waals surface area contributed by atoms with Crippen LogP contribution in [0.3, 0.4) is 0 Å². The van der Waals surface area contributed by atoms with Crippen LogP contribution in [0.1, 0.15) is 10.4 Å². The zero-order valence-electron chi connectivity index (χ0n) is 11.4. The lowest BCUT2D eigenvalue weighted by molar-refractivity contribution is -0.117. The highest BCUT2D eigenvalue weighted by Gasteiger charge is 2.08. The van der Waals surface area contributed by atoms with Crippen molar-refractivity contribution in [2.24, 2.45) is 0 Å². The first-order chi connectivity index (χ1) is 10.1. The van der Waals surface area contributed by atoms with E-state index in [9.17, 15) is 9.59 Å². The van der Waals surface area contributed by atoms with Crippen molar-refractivity contribution >= 4 is 29.2 Å². The zero-order valence-corrected chi connectivity index (χ0v) is 12.1. The third-order valence-electron chi connectivity index (χ3n) is 2.41. The van der Waals surface area contributed by atoms with E-state index in [4.69, 9.17) is 16.9 Å². The molecule has 0 saturated heterocycles. The summed E-state index contributed by atoms with van der Waals surface area (Å²) in [4.78, 5) is 23.0. The number of amides is 1. The number of hydrogen-bond acceptors (Lipinski definition) is 5. The molecule has 0 aliphatic carbocycles. The van der Waals surface area contributed by atoms with Gasteiger partial charge in [0.2, 0.25) is 0 Å². The molecule has 1 amide bonds. The predicted molar refractivity (Wildman–Crippen MR) is 78.8 cm³/mol. The number of esters is 1.